The Bertz CT molecular complexity index is 759. The summed E-state index contributed by atoms with van der Waals surface area (Å²) in [5, 5.41) is 0. The van der Waals surface area contributed by atoms with Gasteiger partial charge in [-0.25, -0.2) is 0 Å². The van der Waals surface area contributed by atoms with Crippen molar-refractivity contribution in [3.8, 4) is 11.5 Å². The van der Waals surface area contributed by atoms with Crippen LogP contribution in [0.1, 0.15) is 37.9 Å². The predicted molar refractivity (Wildman–Crippen MR) is 106 cm³/mol. The average Bonchev–Trinajstić information content (AvgIpc) is 3.18. The molecule has 27 heavy (non-hydrogen) atoms. The van der Waals surface area contributed by atoms with Crippen LogP contribution in [-0.4, -0.2) is 42.1 Å². The van der Waals surface area contributed by atoms with Gasteiger partial charge in [0.1, 0.15) is 6.04 Å². The second-order valence-electron chi connectivity index (χ2n) is 6.57. The van der Waals surface area contributed by atoms with Gasteiger partial charge in [0.15, 0.2) is 11.5 Å². The number of rotatable bonds is 8. The summed E-state index contributed by atoms with van der Waals surface area (Å²) >= 11 is 0. The van der Waals surface area contributed by atoms with Gasteiger partial charge in [0, 0.05) is 13.1 Å². The van der Waals surface area contributed by atoms with Gasteiger partial charge in [0.2, 0.25) is 12.7 Å². The lowest BCUT2D eigenvalue weighted by atomic mass is 10.0. The van der Waals surface area contributed by atoms with Gasteiger partial charge in [-0.05, 0) is 43.3 Å². The summed E-state index contributed by atoms with van der Waals surface area (Å²) in [6.07, 6.45) is 0. The second-order valence-corrected chi connectivity index (χ2v) is 6.57. The number of benzene rings is 2. The molecule has 3 rings (SSSR count). The average molecular weight is 368 g/mol. The molecule has 2 aromatic rings. The van der Waals surface area contributed by atoms with Crippen LogP contribution in [0.5, 0.6) is 11.5 Å². The summed E-state index contributed by atoms with van der Waals surface area (Å²) in [7, 11) is 0. The molecule has 0 saturated heterocycles. The van der Waals surface area contributed by atoms with Crippen LogP contribution in [0.25, 0.3) is 0 Å². The topological polar surface area (TPSA) is 42.0 Å². The number of ether oxygens (including phenoxy) is 2. The number of hydrogen-bond donors (Lipinski definition) is 0. The lowest BCUT2D eigenvalue weighted by Gasteiger charge is -2.33. The summed E-state index contributed by atoms with van der Waals surface area (Å²) in [5.41, 5.74) is 2.08. The maximum atomic E-state index is 13.5. The van der Waals surface area contributed by atoms with Gasteiger partial charge < -0.3 is 14.4 Å². The molecule has 144 valence electrons. The third-order valence-corrected chi connectivity index (χ3v) is 5.03. The number of amides is 1. The molecule has 2 aromatic carbocycles. The SMILES string of the molecule is CCN(Cc1ccc2c(c1)OCO2)C(=O)C(c1ccccc1)N(CC)CC. The Balaban J connectivity index is 1.84. The van der Waals surface area contributed by atoms with Crippen LogP contribution in [-0.2, 0) is 11.3 Å². The molecule has 1 aliphatic heterocycles. The lowest BCUT2D eigenvalue weighted by molar-refractivity contribution is -0.137. The fourth-order valence-electron chi connectivity index (χ4n) is 3.51. The first-order valence-electron chi connectivity index (χ1n) is 9.64. The van der Waals surface area contributed by atoms with Gasteiger partial charge in [-0.2, -0.15) is 0 Å². The molecule has 1 unspecified atom stereocenters. The van der Waals surface area contributed by atoms with Crippen LogP contribution in [0.4, 0.5) is 0 Å². The fraction of sp³-hybridized carbons (Fsp3) is 0.409. The largest absolute Gasteiger partial charge is 0.454 e. The highest BCUT2D eigenvalue weighted by molar-refractivity contribution is 5.83. The zero-order valence-corrected chi connectivity index (χ0v) is 16.4. The highest BCUT2D eigenvalue weighted by atomic mass is 16.7. The Morgan fingerprint density at radius 1 is 0.963 bits per heavy atom. The summed E-state index contributed by atoms with van der Waals surface area (Å²) in [6.45, 7) is 9.32. The van der Waals surface area contributed by atoms with Crippen LogP contribution >= 0.6 is 0 Å². The van der Waals surface area contributed by atoms with Crippen molar-refractivity contribution in [3.63, 3.8) is 0 Å². The molecule has 0 radical (unpaired) electrons. The molecule has 0 spiro atoms. The molecular weight excluding hydrogens is 340 g/mol. The molecule has 1 amide bonds. The highest BCUT2D eigenvalue weighted by Crippen LogP contribution is 2.33. The summed E-state index contributed by atoms with van der Waals surface area (Å²) in [6, 6.07) is 15.7. The zero-order valence-electron chi connectivity index (χ0n) is 16.4. The van der Waals surface area contributed by atoms with Gasteiger partial charge in [0.25, 0.3) is 0 Å². The summed E-state index contributed by atoms with van der Waals surface area (Å²) in [5.74, 6) is 1.64. The van der Waals surface area contributed by atoms with E-state index in [2.05, 4.69) is 18.7 Å². The van der Waals surface area contributed by atoms with Gasteiger partial charge in [0.05, 0.1) is 0 Å². The van der Waals surface area contributed by atoms with Crippen molar-refractivity contribution in [1.29, 1.82) is 0 Å². The molecule has 0 aromatic heterocycles. The Hall–Kier alpha value is -2.53. The number of nitrogens with zero attached hydrogens (tertiary/aromatic N) is 2. The van der Waals surface area contributed by atoms with Crippen LogP contribution < -0.4 is 9.47 Å². The quantitative estimate of drug-likeness (QED) is 0.710. The minimum absolute atomic E-state index is 0.130. The number of hydrogen-bond acceptors (Lipinski definition) is 4. The first-order valence-corrected chi connectivity index (χ1v) is 9.64. The molecule has 1 aliphatic rings. The van der Waals surface area contributed by atoms with Crippen molar-refractivity contribution in [2.45, 2.75) is 33.4 Å². The van der Waals surface area contributed by atoms with Gasteiger partial charge in [-0.1, -0.05) is 50.2 Å². The molecule has 0 bridgehead atoms. The van der Waals surface area contributed by atoms with Crippen molar-refractivity contribution in [2.24, 2.45) is 0 Å². The Morgan fingerprint density at radius 2 is 1.67 bits per heavy atom. The van der Waals surface area contributed by atoms with Crippen LogP contribution in [0.15, 0.2) is 48.5 Å². The van der Waals surface area contributed by atoms with Gasteiger partial charge in [-0.3, -0.25) is 9.69 Å². The maximum Gasteiger partial charge on any atom is 0.244 e. The minimum atomic E-state index is -0.268. The van der Waals surface area contributed by atoms with Crippen molar-refractivity contribution in [2.75, 3.05) is 26.4 Å². The van der Waals surface area contributed by atoms with E-state index in [1.807, 2.05) is 60.4 Å². The molecular formula is C22H28N2O3. The molecule has 1 atom stereocenters. The molecule has 0 N–H and O–H groups in total. The Morgan fingerprint density at radius 3 is 2.33 bits per heavy atom. The third-order valence-electron chi connectivity index (χ3n) is 5.03. The predicted octanol–water partition coefficient (Wildman–Crippen LogP) is 3.85. The number of carbonyl (C=O) groups is 1. The standard InChI is InChI=1S/C22H28N2O3/c1-4-23(5-2)21(18-10-8-7-9-11-18)22(25)24(6-3)15-17-12-13-19-20(14-17)27-16-26-19/h7-14,21H,4-6,15-16H2,1-3H3. The molecule has 0 saturated carbocycles. The molecule has 0 fully saturated rings. The normalized spacial score (nSPS) is 13.6. The van der Waals surface area contributed by atoms with E-state index in [9.17, 15) is 4.79 Å². The van der Waals surface area contributed by atoms with Crippen molar-refractivity contribution >= 4 is 5.91 Å². The number of likely N-dealkylation sites (N-methyl/N-ethyl adjacent to an activating group) is 2. The fourth-order valence-corrected chi connectivity index (χ4v) is 3.51. The van der Waals surface area contributed by atoms with E-state index in [-0.39, 0.29) is 18.7 Å². The smallest absolute Gasteiger partial charge is 0.244 e. The third kappa shape index (κ3) is 4.25. The lowest BCUT2D eigenvalue weighted by Crippen LogP contribution is -2.42. The van der Waals surface area contributed by atoms with E-state index in [1.165, 1.54) is 0 Å². The maximum absolute atomic E-state index is 13.5. The molecule has 5 heteroatoms. The minimum Gasteiger partial charge on any atom is -0.454 e. The zero-order chi connectivity index (χ0) is 19.2. The highest BCUT2D eigenvalue weighted by Gasteiger charge is 2.29. The van der Waals surface area contributed by atoms with Crippen molar-refractivity contribution in [1.82, 2.24) is 9.80 Å². The van der Waals surface area contributed by atoms with E-state index in [0.717, 1.165) is 35.7 Å². The van der Waals surface area contributed by atoms with Crippen LogP contribution in [0.3, 0.4) is 0 Å². The monoisotopic (exact) mass is 368 g/mol. The van der Waals surface area contributed by atoms with Crippen LogP contribution in [0, 0.1) is 0 Å². The molecule has 5 nitrogen and oxygen atoms in total. The summed E-state index contributed by atoms with van der Waals surface area (Å²) in [4.78, 5) is 17.6. The van der Waals surface area contributed by atoms with Gasteiger partial charge >= 0.3 is 0 Å². The first-order chi connectivity index (χ1) is 13.2. The van der Waals surface area contributed by atoms with E-state index >= 15 is 0 Å². The molecule has 0 aliphatic carbocycles. The van der Waals surface area contributed by atoms with E-state index in [4.69, 9.17) is 9.47 Å². The Kier molecular flexibility index (Phi) is 6.35. The van der Waals surface area contributed by atoms with Crippen molar-refractivity contribution < 1.29 is 14.3 Å². The van der Waals surface area contributed by atoms with E-state index in [1.54, 1.807) is 0 Å². The van der Waals surface area contributed by atoms with Crippen LogP contribution in [0.2, 0.25) is 0 Å². The van der Waals surface area contributed by atoms with Crippen molar-refractivity contribution in [3.05, 3.63) is 59.7 Å². The van der Waals surface area contributed by atoms with E-state index < -0.39 is 0 Å². The first kappa shape index (κ1) is 19.2. The Labute approximate surface area is 161 Å². The van der Waals surface area contributed by atoms with Gasteiger partial charge in [-0.15, -0.1) is 0 Å². The van der Waals surface area contributed by atoms with E-state index in [0.29, 0.717) is 13.1 Å². The molecule has 1 heterocycles. The summed E-state index contributed by atoms with van der Waals surface area (Å²) < 4.78 is 10.9. The number of fused-ring (bicyclic) bond motifs is 1. The number of carbonyl (C=O) groups excluding carboxylic acids is 1. The second kappa shape index (κ2) is 8.91.